The molecule has 1 aromatic carbocycles. The summed E-state index contributed by atoms with van der Waals surface area (Å²) < 4.78 is 5.25. The first-order valence-electron chi connectivity index (χ1n) is 5.74. The summed E-state index contributed by atoms with van der Waals surface area (Å²) in [5.74, 6) is 1.63. The Balaban J connectivity index is 2.61. The number of imidazole rings is 1. The predicted molar refractivity (Wildman–Crippen MR) is 66.6 cm³/mol. The summed E-state index contributed by atoms with van der Waals surface area (Å²) in [6.45, 7) is 3.86. The van der Waals surface area contributed by atoms with E-state index in [1.807, 2.05) is 19.9 Å². The van der Waals surface area contributed by atoms with Gasteiger partial charge in [-0.05, 0) is 25.5 Å². The molecule has 17 heavy (non-hydrogen) atoms. The maximum Gasteiger partial charge on any atom is 0.165 e. The number of methoxy groups -OCH3 is 1. The topological polar surface area (TPSA) is 55.0 Å². The van der Waals surface area contributed by atoms with E-state index in [2.05, 4.69) is 9.97 Å². The third-order valence-electron chi connectivity index (χ3n) is 2.72. The molecule has 0 unspecified atom stereocenters. The molecule has 0 atom stereocenters. The number of aryl methyl sites for hydroxylation is 1. The van der Waals surface area contributed by atoms with Gasteiger partial charge in [0.25, 0.3) is 0 Å². The van der Waals surface area contributed by atoms with Crippen molar-refractivity contribution in [1.29, 1.82) is 0 Å². The van der Waals surface area contributed by atoms with Gasteiger partial charge in [-0.1, -0.05) is 6.92 Å². The van der Waals surface area contributed by atoms with Crippen molar-refractivity contribution in [2.24, 2.45) is 0 Å². The number of aromatic nitrogens is 2. The molecular formula is C13H16N2O2. The Morgan fingerprint density at radius 1 is 1.47 bits per heavy atom. The van der Waals surface area contributed by atoms with E-state index in [1.54, 1.807) is 13.2 Å². The summed E-state index contributed by atoms with van der Waals surface area (Å²) in [7, 11) is 1.61. The highest BCUT2D eigenvalue weighted by Crippen LogP contribution is 2.27. The fourth-order valence-electron chi connectivity index (χ4n) is 1.94. The predicted octanol–water partition coefficient (Wildman–Crippen LogP) is 2.86. The minimum atomic E-state index is 0.131. The Morgan fingerprint density at radius 2 is 2.24 bits per heavy atom. The van der Waals surface area contributed by atoms with Crippen LogP contribution in [0, 0.1) is 6.92 Å². The smallest absolute Gasteiger partial charge is 0.165 e. The number of aromatic amines is 1. The molecule has 0 aliphatic rings. The molecule has 2 rings (SSSR count). The molecular weight excluding hydrogens is 216 g/mol. The zero-order valence-electron chi connectivity index (χ0n) is 10.3. The number of benzene rings is 1. The number of rotatable bonds is 4. The molecule has 0 fully saturated rings. The van der Waals surface area contributed by atoms with Crippen LogP contribution in [0.1, 0.15) is 35.9 Å². The van der Waals surface area contributed by atoms with Crippen LogP contribution in [0.15, 0.2) is 12.1 Å². The minimum absolute atomic E-state index is 0.131. The van der Waals surface area contributed by atoms with E-state index in [4.69, 9.17) is 4.74 Å². The molecule has 2 aromatic rings. The monoisotopic (exact) mass is 232 g/mol. The number of ether oxygens (including phenoxy) is 1. The maximum atomic E-state index is 12.0. The van der Waals surface area contributed by atoms with E-state index < -0.39 is 0 Å². The van der Waals surface area contributed by atoms with Crippen LogP contribution in [0.4, 0.5) is 0 Å². The zero-order valence-corrected chi connectivity index (χ0v) is 10.3. The third kappa shape index (κ3) is 2.02. The molecule has 0 radical (unpaired) electrons. The molecule has 4 heteroatoms. The number of carbonyl (C=O) groups is 1. The van der Waals surface area contributed by atoms with Crippen molar-refractivity contribution in [1.82, 2.24) is 9.97 Å². The van der Waals surface area contributed by atoms with Gasteiger partial charge in [-0.25, -0.2) is 4.98 Å². The number of H-pyrrole nitrogens is 1. The summed E-state index contributed by atoms with van der Waals surface area (Å²) in [6.07, 6.45) is 1.39. The number of hydrogen-bond donors (Lipinski definition) is 1. The Hall–Kier alpha value is -1.84. The molecule has 0 saturated heterocycles. The van der Waals surface area contributed by atoms with Gasteiger partial charge in [-0.15, -0.1) is 0 Å². The van der Waals surface area contributed by atoms with Crippen molar-refractivity contribution in [3.8, 4) is 5.75 Å². The van der Waals surface area contributed by atoms with Crippen LogP contribution < -0.4 is 4.74 Å². The molecule has 0 amide bonds. The lowest BCUT2D eigenvalue weighted by Gasteiger charge is -2.04. The van der Waals surface area contributed by atoms with Gasteiger partial charge >= 0.3 is 0 Å². The normalized spacial score (nSPS) is 10.8. The summed E-state index contributed by atoms with van der Waals surface area (Å²) in [5.41, 5.74) is 2.18. The number of nitrogens with zero attached hydrogens (tertiary/aromatic N) is 1. The van der Waals surface area contributed by atoms with Crippen molar-refractivity contribution in [2.45, 2.75) is 26.7 Å². The van der Waals surface area contributed by atoms with Crippen molar-refractivity contribution in [2.75, 3.05) is 7.11 Å². The average molecular weight is 232 g/mol. The fraction of sp³-hybridized carbons (Fsp3) is 0.385. The molecule has 0 aliphatic heterocycles. The van der Waals surface area contributed by atoms with Crippen molar-refractivity contribution in [3.63, 3.8) is 0 Å². The molecule has 1 aromatic heterocycles. The van der Waals surface area contributed by atoms with E-state index in [1.165, 1.54) is 0 Å². The lowest BCUT2D eigenvalue weighted by Crippen LogP contribution is -2.00. The van der Waals surface area contributed by atoms with E-state index in [-0.39, 0.29) is 5.78 Å². The van der Waals surface area contributed by atoms with Crippen LogP contribution in [-0.4, -0.2) is 22.9 Å². The Morgan fingerprint density at radius 3 is 2.88 bits per heavy atom. The number of ketones is 1. The zero-order chi connectivity index (χ0) is 12.4. The molecule has 1 N–H and O–H groups in total. The second-order valence-electron chi connectivity index (χ2n) is 4.03. The third-order valence-corrected chi connectivity index (χ3v) is 2.72. The summed E-state index contributed by atoms with van der Waals surface area (Å²) in [6, 6.07) is 3.60. The Labute approximate surface area is 100 Å². The number of carbonyl (C=O) groups excluding carboxylic acids is 1. The number of fused-ring (bicyclic) bond motifs is 1. The van der Waals surface area contributed by atoms with Gasteiger partial charge in [-0.2, -0.15) is 0 Å². The van der Waals surface area contributed by atoms with Crippen LogP contribution >= 0.6 is 0 Å². The lowest BCUT2D eigenvalue weighted by molar-refractivity contribution is 0.0983. The van der Waals surface area contributed by atoms with Crippen molar-refractivity contribution >= 4 is 16.8 Å². The summed E-state index contributed by atoms with van der Waals surface area (Å²) >= 11 is 0. The van der Waals surface area contributed by atoms with Gasteiger partial charge in [0, 0.05) is 12.0 Å². The van der Waals surface area contributed by atoms with Gasteiger partial charge < -0.3 is 9.72 Å². The van der Waals surface area contributed by atoms with E-state index in [0.717, 1.165) is 17.8 Å². The van der Waals surface area contributed by atoms with Crippen LogP contribution in [0.25, 0.3) is 11.0 Å². The Kier molecular flexibility index (Phi) is 3.13. The molecule has 0 aliphatic carbocycles. The van der Waals surface area contributed by atoms with Crippen LogP contribution in [0.3, 0.4) is 0 Å². The minimum Gasteiger partial charge on any atom is -0.494 e. The van der Waals surface area contributed by atoms with Crippen LogP contribution in [-0.2, 0) is 0 Å². The molecule has 4 nitrogen and oxygen atoms in total. The van der Waals surface area contributed by atoms with Gasteiger partial charge in [0.2, 0.25) is 0 Å². The number of nitrogens with one attached hydrogen (secondary N) is 1. The highest BCUT2D eigenvalue weighted by atomic mass is 16.5. The molecule has 0 spiro atoms. The van der Waals surface area contributed by atoms with Crippen LogP contribution in [0.5, 0.6) is 5.75 Å². The first-order valence-corrected chi connectivity index (χ1v) is 5.74. The van der Waals surface area contributed by atoms with Gasteiger partial charge in [0.1, 0.15) is 22.6 Å². The molecule has 90 valence electrons. The van der Waals surface area contributed by atoms with E-state index in [0.29, 0.717) is 23.3 Å². The average Bonchev–Trinajstić information content (AvgIpc) is 2.69. The van der Waals surface area contributed by atoms with Gasteiger partial charge in [0.15, 0.2) is 5.78 Å². The first-order chi connectivity index (χ1) is 8.17. The molecule has 1 heterocycles. The van der Waals surface area contributed by atoms with E-state index >= 15 is 0 Å². The standard InChI is InChI=1S/C13H16N2O2/c1-4-5-10(16)9-6-7-11(17-3)13-12(9)14-8(2)15-13/h6-7H,4-5H2,1-3H3,(H,14,15). The fourth-order valence-corrected chi connectivity index (χ4v) is 1.94. The van der Waals surface area contributed by atoms with Gasteiger partial charge in [0.05, 0.1) is 7.11 Å². The number of Topliss-reactive ketones (excluding diaryl/α,β-unsaturated/α-hetero) is 1. The second-order valence-corrected chi connectivity index (χ2v) is 4.03. The van der Waals surface area contributed by atoms with Gasteiger partial charge in [-0.3, -0.25) is 4.79 Å². The van der Waals surface area contributed by atoms with Crippen molar-refractivity contribution in [3.05, 3.63) is 23.5 Å². The maximum absolute atomic E-state index is 12.0. The molecule has 0 saturated carbocycles. The number of hydrogen-bond acceptors (Lipinski definition) is 3. The first kappa shape index (κ1) is 11.6. The largest absolute Gasteiger partial charge is 0.494 e. The highest BCUT2D eigenvalue weighted by Gasteiger charge is 2.15. The summed E-state index contributed by atoms with van der Waals surface area (Å²) in [5, 5.41) is 0. The second kappa shape index (κ2) is 4.57. The van der Waals surface area contributed by atoms with E-state index in [9.17, 15) is 4.79 Å². The highest BCUT2D eigenvalue weighted by molar-refractivity contribution is 6.07. The molecule has 0 bridgehead atoms. The van der Waals surface area contributed by atoms with Crippen LogP contribution in [0.2, 0.25) is 0 Å². The lowest BCUT2D eigenvalue weighted by atomic mass is 10.1. The van der Waals surface area contributed by atoms with Crippen molar-refractivity contribution < 1.29 is 9.53 Å². The quantitative estimate of drug-likeness (QED) is 0.825. The Bertz CT molecular complexity index is 558. The SMILES string of the molecule is CCCC(=O)c1ccc(OC)c2[nH]c(C)nc12. The summed E-state index contributed by atoms with van der Waals surface area (Å²) in [4.78, 5) is 19.5.